The average Bonchev–Trinajstić information content (AvgIpc) is 3.57. The van der Waals surface area contributed by atoms with E-state index in [2.05, 4.69) is 32.4 Å². The first-order chi connectivity index (χ1) is 16.0. The summed E-state index contributed by atoms with van der Waals surface area (Å²) in [7, 11) is -1.55. The molecule has 1 saturated carbocycles. The van der Waals surface area contributed by atoms with E-state index >= 15 is 0 Å². The molecule has 33 heavy (non-hydrogen) atoms. The summed E-state index contributed by atoms with van der Waals surface area (Å²) in [6.07, 6.45) is 3.81. The molecule has 0 atom stereocenters. The van der Waals surface area contributed by atoms with E-state index in [1.807, 2.05) is 19.3 Å². The Labute approximate surface area is 192 Å². The van der Waals surface area contributed by atoms with Crippen molar-refractivity contribution in [2.75, 3.05) is 31.2 Å². The van der Waals surface area contributed by atoms with Gasteiger partial charge in [0.2, 0.25) is 10.0 Å². The van der Waals surface area contributed by atoms with E-state index in [-0.39, 0.29) is 10.9 Å². The van der Waals surface area contributed by atoms with Gasteiger partial charge in [-0.2, -0.15) is 0 Å². The molecule has 0 spiro atoms. The van der Waals surface area contributed by atoms with Gasteiger partial charge in [-0.3, -0.25) is 0 Å². The Hall–Kier alpha value is -3.01. The van der Waals surface area contributed by atoms with Crippen molar-refractivity contribution in [1.29, 1.82) is 0 Å². The molecule has 0 bridgehead atoms. The van der Waals surface area contributed by atoms with Crippen LogP contribution in [0.3, 0.4) is 0 Å². The van der Waals surface area contributed by atoms with Crippen molar-refractivity contribution in [2.24, 2.45) is 7.05 Å². The number of fused-ring (bicyclic) bond motifs is 3. The third kappa shape index (κ3) is 3.76. The van der Waals surface area contributed by atoms with Crippen molar-refractivity contribution in [1.82, 2.24) is 19.3 Å². The number of ether oxygens (including phenoxy) is 1. The largest absolute Gasteiger partial charge is 0.378 e. The number of nitrogens with zero attached hydrogens (tertiary/aromatic N) is 4. The molecule has 6 rings (SSSR count). The lowest BCUT2D eigenvalue weighted by atomic mass is 10.1. The maximum atomic E-state index is 12.8. The highest BCUT2D eigenvalue weighted by molar-refractivity contribution is 7.89. The minimum absolute atomic E-state index is 0.0508. The van der Waals surface area contributed by atoms with E-state index < -0.39 is 10.0 Å². The Morgan fingerprint density at radius 2 is 1.85 bits per heavy atom. The first-order valence-electron chi connectivity index (χ1n) is 11.2. The molecule has 0 radical (unpaired) electrons. The van der Waals surface area contributed by atoms with Crippen LogP contribution in [0.2, 0.25) is 0 Å². The van der Waals surface area contributed by atoms with E-state index in [1.54, 1.807) is 18.2 Å². The molecular weight excluding hydrogens is 438 g/mol. The third-order valence-corrected chi connectivity index (χ3v) is 7.84. The molecule has 1 aliphatic carbocycles. The van der Waals surface area contributed by atoms with Gasteiger partial charge in [-0.05, 0) is 43.2 Å². The number of sulfonamides is 1. The number of benzene rings is 2. The molecule has 0 unspecified atom stereocenters. The molecule has 1 saturated heterocycles. The lowest BCUT2D eigenvalue weighted by Gasteiger charge is -2.29. The van der Waals surface area contributed by atoms with Crippen molar-refractivity contribution in [3.63, 3.8) is 0 Å². The van der Waals surface area contributed by atoms with Crippen molar-refractivity contribution >= 4 is 37.6 Å². The van der Waals surface area contributed by atoms with Gasteiger partial charge in [0, 0.05) is 54.2 Å². The molecule has 2 fully saturated rings. The van der Waals surface area contributed by atoms with Crippen LogP contribution in [-0.2, 0) is 21.8 Å². The smallest absolute Gasteiger partial charge is 0.240 e. The van der Waals surface area contributed by atoms with Crippen LogP contribution in [0.25, 0.3) is 33.2 Å². The molecular formula is C24H25N5O3S. The molecule has 2 aliphatic rings. The predicted molar refractivity (Wildman–Crippen MR) is 128 cm³/mol. The molecule has 8 nitrogen and oxygen atoms in total. The van der Waals surface area contributed by atoms with Crippen LogP contribution >= 0.6 is 0 Å². The number of nitrogens with one attached hydrogen (secondary N) is 1. The van der Waals surface area contributed by atoms with E-state index in [9.17, 15) is 8.42 Å². The lowest BCUT2D eigenvalue weighted by Crippen LogP contribution is -2.37. The Kier molecular flexibility index (Phi) is 4.86. The quantitative estimate of drug-likeness (QED) is 0.489. The van der Waals surface area contributed by atoms with Gasteiger partial charge in [-0.15, -0.1) is 0 Å². The summed E-state index contributed by atoms with van der Waals surface area (Å²) in [5.74, 6) is 1.37. The van der Waals surface area contributed by atoms with Crippen molar-refractivity contribution < 1.29 is 13.2 Å². The second-order valence-corrected chi connectivity index (χ2v) is 10.4. The summed E-state index contributed by atoms with van der Waals surface area (Å²) in [5.41, 5.74) is 2.63. The van der Waals surface area contributed by atoms with E-state index in [0.717, 1.165) is 53.6 Å². The van der Waals surface area contributed by atoms with Gasteiger partial charge in [-0.1, -0.05) is 12.1 Å². The first-order valence-corrected chi connectivity index (χ1v) is 12.7. The van der Waals surface area contributed by atoms with Gasteiger partial charge in [0.25, 0.3) is 0 Å². The Bertz CT molecular complexity index is 1470. The van der Waals surface area contributed by atoms with Crippen molar-refractivity contribution in [2.45, 2.75) is 23.8 Å². The molecule has 2 aromatic carbocycles. The van der Waals surface area contributed by atoms with Crippen LogP contribution < -0.4 is 9.62 Å². The van der Waals surface area contributed by atoms with Crippen LogP contribution in [0.1, 0.15) is 12.8 Å². The van der Waals surface area contributed by atoms with E-state index in [0.29, 0.717) is 24.6 Å². The summed E-state index contributed by atoms with van der Waals surface area (Å²) in [5, 5.41) is 2.03. The number of anilines is 1. The predicted octanol–water partition coefficient (Wildman–Crippen LogP) is 3.07. The number of aromatic nitrogens is 3. The molecule has 3 heterocycles. The summed E-state index contributed by atoms with van der Waals surface area (Å²) < 4.78 is 36.0. The van der Waals surface area contributed by atoms with E-state index in [4.69, 9.17) is 14.7 Å². The molecule has 9 heteroatoms. The number of rotatable bonds is 5. The van der Waals surface area contributed by atoms with Crippen molar-refractivity contribution in [3.8, 4) is 11.4 Å². The van der Waals surface area contributed by atoms with Gasteiger partial charge < -0.3 is 14.2 Å². The minimum Gasteiger partial charge on any atom is -0.378 e. The normalized spacial score (nSPS) is 17.2. The molecule has 1 N–H and O–H groups in total. The van der Waals surface area contributed by atoms with Crippen LogP contribution in [0.5, 0.6) is 0 Å². The highest BCUT2D eigenvalue weighted by Gasteiger charge is 2.28. The zero-order valence-corrected chi connectivity index (χ0v) is 19.2. The highest BCUT2D eigenvalue weighted by Crippen LogP contribution is 2.33. The highest BCUT2D eigenvalue weighted by atomic mass is 32.2. The van der Waals surface area contributed by atoms with Gasteiger partial charge in [-0.25, -0.2) is 23.1 Å². The van der Waals surface area contributed by atoms with Crippen LogP contribution in [-0.4, -0.2) is 55.3 Å². The molecule has 0 amide bonds. The van der Waals surface area contributed by atoms with Crippen LogP contribution in [0.15, 0.2) is 53.6 Å². The van der Waals surface area contributed by atoms with Gasteiger partial charge >= 0.3 is 0 Å². The molecule has 170 valence electrons. The van der Waals surface area contributed by atoms with Crippen molar-refractivity contribution in [3.05, 3.63) is 48.7 Å². The third-order valence-electron chi connectivity index (χ3n) is 6.32. The Morgan fingerprint density at radius 3 is 2.64 bits per heavy atom. The molecule has 4 aromatic rings. The zero-order chi connectivity index (χ0) is 22.6. The van der Waals surface area contributed by atoms with Gasteiger partial charge in [0.1, 0.15) is 5.82 Å². The maximum absolute atomic E-state index is 12.8. The second-order valence-electron chi connectivity index (χ2n) is 8.71. The topological polar surface area (TPSA) is 89.3 Å². The Balaban J connectivity index is 1.54. The lowest BCUT2D eigenvalue weighted by molar-refractivity contribution is 0.122. The fourth-order valence-corrected chi connectivity index (χ4v) is 5.71. The standard InChI is InChI=1S/C24H25N5O3S/c1-28-10-9-19-21(28)8-7-20-22(19)25-23(26-24(20)29-11-13-32-14-12-29)16-3-2-4-18(15-16)33(30,31)27-17-5-6-17/h2-4,7-10,15,17,27H,5-6,11-14H2,1H3. The first kappa shape index (κ1) is 20.6. The zero-order valence-electron chi connectivity index (χ0n) is 18.4. The number of morpholine rings is 1. The summed E-state index contributed by atoms with van der Waals surface area (Å²) >= 11 is 0. The Morgan fingerprint density at radius 1 is 1.03 bits per heavy atom. The average molecular weight is 464 g/mol. The summed E-state index contributed by atoms with van der Waals surface area (Å²) in [6, 6.07) is 13.2. The monoisotopic (exact) mass is 463 g/mol. The fraction of sp³-hybridized carbons (Fsp3) is 0.333. The SMILES string of the molecule is Cn1ccc2c3nc(-c4cccc(S(=O)(=O)NC5CC5)c4)nc(N4CCOCC4)c3ccc21. The van der Waals surface area contributed by atoms with Gasteiger partial charge in [0.05, 0.1) is 23.6 Å². The number of aryl methyl sites for hydroxylation is 1. The van der Waals surface area contributed by atoms with Gasteiger partial charge in [0.15, 0.2) is 5.82 Å². The fourth-order valence-electron chi connectivity index (χ4n) is 4.36. The van der Waals surface area contributed by atoms with E-state index in [1.165, 1.54) is 0 Å². The second kappa shape index (κ2) is 7.79. The number of hydrogen-bond donors (Lipinski definition) is 1. The molecule has 1 aliphatic heterocycles. The summed E-state index contributed by atoms with van der Waals surface area (Å²) in [6.45, 7) is 2.79. The van der Waals surface area contributed by atoms with Crippen LogP contribution in [0.4, 0.5) is 5.82 Å². The molecule has 2 aromatic heterocycles. The number of hydrogen-bond acceptors (Lipinski definition) is 6. The maximum Gasteiger partial charge on any atom is 0.240 e. The van der Waals surface area contributed by atoms with Crippen LogP contribution in [0, 0.1) is 0 Å². The minimum atomic E-state index is -3.57. The summed E-state index contributed by atoms with van der Waals surface area (Å²) in [4.78, 5) is 12.3.